The van der Waals surface area contributed by atoms with Gasteiger partial charge in [-0.05, 0) is 47.0 Å². The highest BCUT2D eigenvalue weighted by atomic mass is 19.1. The van der Waals surface area contributed by atoms with Gasteiger partial charge in [0.1, 0.15) is 6.61 Å². The third-order valence-corrected chi connectivity index (χ3v) is 4.77. The Kier molecular flexibility index (Phi) is 4.43. The van der Waals surface area contributed by atoms with Gasteiger partial charge in [0.2, 0.25) is 5.95 Å². The first-order chi connectivity index (χ1) is 13.5. The van der Waals surface area contributed by atoms with Crippen molar-refractivity contribution in [2.24, 2.45) is 10.7 Å². The average molecular weight is 381 g/mol. The number of nitrogens with zero attached hydrogens (tertiary/aromatic N) is 2. The molecule has 1 aliphatic heterocycles. The lowest BCUT2D eigenvalue weighted by molar-refractivity contribution is 0.278. The van der Waals surface area contributed by atoms with Crippen molar-refractivity contribution < 1.29 is 18.3 Å². The minimum Gasteiger partial charge on any atom is -0.494 e. The lowest BCUT2D eigenvalue weighted by Gasteiger charge is -2.26. The molecule has 0 spiro atoms. The third-order valence-electron chi connectivity index (χ3n) is 4.77. The lowest BCUT2D eigenvalue weighted by Crippen LogP contribution is -2.27. The van der Waals surface area contributed by atoms with Crippen molar-refractivity contribution in [3.8, 4) is 16.9 Å². The van der Waals surface area contributed by atoms with Crippen LogP contribution < -0.4 is 10.5 Å². The second kappa shape index (κ2) is 6.92. The second-order valence-electron chi connectivity index (χ2n) is 6.37. The molecule has 142 valence electrons. The topological polar surface area (TPSA) is 69.7 Å². The van der Waals surface area contributed by atoms with Crippen molar-refractivity contribution >= 4 is 6.02 Å². The van der Waals surface area contributed by atoms with Gasteiger partial charge in [-0.25, -0.2) is 14.4 Å². The molecule has 0 bridgehead atoms. The Morgan fingerprint density at radius 2 is 1.89 bits per heavy atom. The molecule has 0 amide bonds. The molecule has 3 aromatic rings. The summed E-state index contributed by atoms with van der Waals surface area (Å²) in [6, 6.07) is 15.1. The monoisotopic (exact) mass is 381 g/mol. The van der Waals surface area contributed by atoms with Gasteiger partial charge in [0, 0.05) is 11.8 Å². The van der Waals surface area contributed by atoms with Crippen LogP contribution in [-0.2, 0) is 10.3 Å². The highest BCUT2D eigenvalue weighted by Gasteiger charge is 2.40. The fourth-order valence-corrected chi connectivity index (χ4v) is 3.36. The number of amidine groups is 1. The molecule has 2 aromatic carbocycles. The highest BCUT2D eigenvalue weighted by molar-refractivity contribution is 5.76. The van der Waals surface area contributed by atoms with Gasteiger partial charge >= 0.3 is 0 Å². The molecule has 4 rings (SSSR count). The quantitative estimate of drug-likeness (QED) is 0.701. The fraction of sp³-hybridized carbons (Fsp3) is 0.143. The molecule has 28 heavy (non-hydrogen) atoms. The van der Waals surface area contributed by atoms with Crippen LogP contribution in [0.5, 0.6) is 5.75 Å². The van der Waals surface area contributed by atoms with E-state index in [0.717, 1.165) is 0 Å². The van der Waals surface area contributed by atoms with E-state index in [1.54, 1.807) is 36.4 Å². The summed E-state index contributed by atoms with van der Waals surface area (Å²) in [5, 5.41) is 0. The summed E-state index contributed by atoms with van der Waals surface area (Å²) in [5.74, 6) is -0.967. The molecule has 0 fully saturated rings. The smallest absolute Gasteiger partial charge is 0.283 e. The van der Waals surface area contributed by atoms with Gasteiger partial charge in [-0.2, -0.15) is 4.39 Å². The van der Waals surface area contributed by atoms with Crippen molar-refractivity contribution in [2.45, 2.75) is 5.54 Å². The lowest BCUT2D eigenvalue weighted by atomic mass is 9.83. The predicted octanol–water partition coefficient (Wildman–Crippen LogP) is 3.62. The third kappa shape index (κ3) is 2.94. The highest BCUT2D eigenvalue weighted by Crippen LogP contribution is 2.40. The molecule has 2 N–H and O–H groups in total. The molecule has 2 heterocycles. The maximum absolute atomic E-state index is 14.4. The Bertz CT molecular complexity index is 1070. The van der Waals surface area contributed by atoms with Crippen LogP contribution in [0.2, 0.25) is 0 Å². The van der Waals surface area contributed by atoms with E-state index in [0.29, 0.717) is 22.3 Å². The molecule has 5 nitrogen and oxygen atoms in total. The van der Waals surface area contributed by atoms with E-state index >= 15 is 0 Å². The summed E-state index contributed by atoms with van der Waals surface area (Å²) in [6.45, 7) is 0.101. The van der Waals surface area contributed by atoms with Crippen molar-refractivity contribution in [3.63, 3.8) is 0 Å². The Balaban J connectivity index is 1.87. The number of nitrogens with two attached hydrogens (primary N) is 1. The number of ether oxygens (including phenoxy) is 2. The number of aromatic nitrogens is 1. The van der Waals surface area contributed by atoms with Crippen LogP contribution in [0.3, 0.4) is 0 Å². The first-order valence-corrected chi connectivity index (χ1v) is 8.57. The molecule has 1 aliphatic rings. The van der Waals surface area contributed by atoms with Crippen LogP contribution in [0.25, 0.3) is 11.1 Å². The van der Waals surface area contributed by atoms with Gasteiger partial charge in [-0.15, -0.1) is 0 Å². The van der Waals surface area contributed by atoms with Gasteiger partial charge < -0.3 is 15.2 Å². The van der Waals surface area contributed by atoms with E-state index in [1.807, 2.05) is 6.07 Å². The SMILES string of the molecule is COc1ccc(C2(c3cccc(-c4cccnc4F)c3)COC(N)=N2)cc1F. The number of pyridine rings is 1. The predicted molar refractivity (Wildman–Crippen MR) is 101 cm³/mol. The average Bonchev–Trinajstić information content (AvgIpc) is 3.11. The second-order valence-corrected chi connectivity index (χ2v) is 6.37. The molecule has 7 heteroatoms. The van der Waals surface area contributed by atoms with Crippen LogP contribution in [0.15, 0.2) is 65.8 Å². The van der Waals surface area contributed by atoms with Gasteiger partial charge in [0.25, 0.3) is 6.02 Å². The van der Waals surface area contributed by atoms with Crippen LogP contribution in [0.1, 0.15) is 11.1 Å². The van der Waals surface area contributed by atoms with E-state index in [9.17, 15) is 8.78 Å². The van der Waals surface area contributed by atoms with E-state index in [2.05, 4.69) is 9.98 Å². The zero-order valence-corrected chi connectivity index (χ0v) is 15.0. The molecule has 0 saturated carbocycles. The van der Waals surface area contributed by atoms with E-state index in [-0.39, 0.29) is 18.4 Å². The van der Waals surface area contributed by atoms with Crippen LogP contribution in [-0.4, -0.2) is 24.7 Å². The molecule has 0 radical (unpaired) electrons. The van der Waals surface area contributed by atoms with Crippen molar-refractivity contribution in [1.29, 1.82) is 0 Å². The zero-order chi connectivity index (χ0) is 19.7. The normalized spacial score (nSPS) is 18.5. The number of hydrogen-bond acceptors (Lipinski definition) is 5. The number of benzene rings is 2. The molecule has 1 atom stereocenters. The summed E-state index contributed by atoms with van der Waals surface area (Å²) in [5.41, 5.74) is 6.97. The molecular weight excluding hydrogens is 364 g/mol. The first-order valence-electron chi connectivity index (χ1n) is 8.57. The number of halogens is 2. The van der Waals surface area contributed by atoms with Gasteiger partial charge in [-0.3, -0.25) is 0 Å². The molecule has 0 saturated heterocycles. The number of methoxy groups -OCH3 is 1. The summed E-state index contributed by atoms with van der Waals surface area (Å²) in [6.07, 6.45) is 1.39. The summed E-state index contributed by atoms with van der Waals surface area (Å²) < 4.78 is 39.0. The summed E-state index contributed by atoms with van der Waals surface area (Å²) in [7, 11) is 1.40. The first kappa shape index (κ1) is 17.9. The maximum atomic E-state index is 14.4. The van der Waals surface area contributed by atoms with Crippen molar-refractivity contribution in [1.82, 2.24) is 4.98 Å². The van der Waals surface area contributed by atoms with E-state index in [4.69, 9.17) is 15.2 Å². The van der Waals surface area contributed by atoms with Crippen LogP contribution >= 0.6 is 0 Å². The Hall–Kier alpha value is -3.48. The fourth-order valence-electron chi connectivity index (χ4n) is 3.36. The number of aliphatic imine (C=N–C) groups is 1. The minimum atomic E-state index is -1.05. The molecule has 0 aliphatic carbocycles. The Morgan fingerprint density at radius 3 is 2.57 bits per heavy atom. The van der Waals surface area contributed by atoms with Gasteiger partial charge in [0.05, 0.1) is 7.11 Å². The van der Waals surface area contributed by atoms with Gasteiger partial charge in [0.15, 0.2) is 17.1 Å². The Labute approximate surface area is 160 Å². The summed E-state index contributed by atoms with van der Waals surface area (Å²) >= 11 is 0. The van der Waals surface area contributed by atoms with E-state index in [1.165, 1.54) is 25.4 Å². The van der Waals surface area contributed by atoms with Crippen LogP contribution in [0, 0.1) is 11.8 Å². The Morgan fingerprint density at radius 1 is 1.07 bits per heavy atom. The molecule has 1 aromatic heterocycles. The standard InChI is InChI=1S/C21H17F2N3O2/c1-27-18-8-7-15(11-17(18)22)21(12-28-20(24)26-21)14-5-2-4-13(10-14)16-6-3-9-25-19(16)23/h2-11H,12H2,1H3,(H2,24,26). The minimum absolute atomic E-state index is 0.00851. The van der Waals surface area contributed by atoms with Gasteiger partial charge in [-0.1, -0.05) is 24.3 Å². The summed E-state index contributed by atoms with van der Waals surface area (Å²) in [4.78, 5) is 8.17. The zero-order valence-electron chi connectivity index (χ0n) is 15.0. The van der Waals surface area contributed by atoms with Crippen molar-refractivity contribution in [2.75, 3.05) is 13.7 Å². The maximum Gasteiger partial charge on any atom is 0.283 e. The van der Waals surface area contributed by atoms with Crippen LogP contribution in [0.4, 0.5) is 8.78 Å². The van der Waals surface area contributed by atoms with E-state index < -0.39 is 17.3 Å². The number of rotatable bonds is 4. The largest absolute Gasteiger partial charge is 0.494 e. The molecular formula is C21H17F2N3O2. The van der Waals surface area contributed by atoms with Crippen molar-refractivity contribution in [3.05, 3.63) is 83.7 Å². The number of hydrogen-bond donors (Lipinski definition) is 1. The molecule has 1 unspecified atom stereocenters.